The molecule has 5 rings (SSSR count). The van der Waals surface area contributed by atoms with Gasteiger partial charge in [0.05, 0.1) is 35.9 Å². The van der Waals surface area contributed by atoms with Crippen molar-refractivity contribution in [3.8, 4) is 17.0 Å². The van der Waals surface area contributed by atoms with Crippen molar-refractivity contribution in [3.63, 3.8) is 0 Å². The van der Waals surface area contributed by atoms with Gasteiger partial charge in [-0.2, -0.15) is 15.3 Å². The fourth-order valence-corrected chi connectivity index (χ4v) is 4.01. The molecule has 6 nitrogen and oxygen atoms in total. The highest BCUT2D eigenvalue weighted by Gasteiger charge is 2.40. The summed E-state index contributed by atoms with van der Waals surface area (Å²) in [5.41, 5.74) is 5.02. The number of hydrogen-bond donors (Lipinski definition) is 1. The quantitative estimate of drug-likeness (QED) is 0.572. The zero-order valence-corrected chi connectivity index (χ0v) is 15.7. The first-order valence-corrected chi connectivity index (χ1v) is 9.52. The van der Waals surface area contributed by atoms with Crippen LogP contribution in [0.15, 0.2) is 54.9 Å². The molecule has 0 aliphatic heterocycles. The maximum Gasteiger partial charge on any atom is 0.122 e. The molecule has 1 saturated carbocycles. The van der Waals surface area contributed by atoms with Crippen molar-refractivity contribution >= 4 is 10.9 Å². The number of fused-ring (bicyclic) bond motifs is 1. The molecule has 1 fully saturated rings. The molecule has 140 valence electrons. The monoisotopic (exact) mass is 371 g/mol. The van der Waals surface area contributed by atoms with E-state index < -0.39 is 0 Å². The van der Waals surface area contributed by atoms with E-state index in [1.807, 2.05) is 30.6 Å². The molecule has 0 amide bonds. The predicted octanol–water partition coefficient (Wildman–Crippen LogP) is 4.09. The number of H-pyrrole nitrogens is 1. The number of ether oxygens (including phenoxy) is 1. The fraction of sp³-hybridized carbons (Fsp3) is 0.273. The Bertz CT molecular complexity index is 1120. The van der Waals surface area contributed by atoms with Gasteiger partial charge in [0.15, 0.2) is 0 Å². The van der Waals surface area contributed by atoms with E-state index in [0.29, 0.717) is 0 Å². The third-order valence-corrected chi connectivity index (χ3v) is 5.80. The second-order valence-corrected chi connectivity index (χ2v) is 7.47. The summed E-state index contributed by atoms with van der Waals surface area (Å²) >= 11 is 0. The second-order valence-electron chi connectivity index (χ2n) is 7.47. The summed E-state index contributed by atoms with van der Waals surface area (Å²) in [6.45, 7) is 0. The molecule has 0 spiro atoms. The van der Waals surface area contributed by atoms with E-state index in [0.717, 1.165) is 58.6 Å². The number of rotatable bonds is 5. The van der Waals surface area contributed by atoms with Gasteiger partial charge in [0.2, 0.25) is 0 Å². The Kier molecular flexibility index (Phi) is 4.04. The molecule has 6 heteroatoms. The number of nitrogens with zero attached hydrogens (tertiary/aromatic N) is 4. The van der Waals surface area contributed by atoms with E-state index in [-0.39, 0.29) is 5.41 Å². The minimum Gasteiger partial charge on any atom is -0.497 e. The Morgan fingerprint density at radius 2 is 2.00 bits per heavy atom. The van der Waals surface area contributed by atoms with Gasteiger partial charge in [-0.05, 0) is 37.1 Å². The van der Waals surface area contributed by atoms with Crippen LogP contribution in [0.25, 0.3) is 22.2 Å². The normalized spacial score (nSPS) is 15.3. The number of methoxy groups -OCH3 is 1. The Morgan fingerprint density at radius 1 is 1.07 bits per heavy atom. The van der Waals surface area contributed by atoms with Crippen molar-refractivity contribution in [2.24, 2.45) is 0 Å². The molecular formula is C22H21N5O. The van der Waals surface area contributed by atoms with E-state index in [2.05, 4.69) is 49.6 Å². The zero-order chi connectivity index (χ0) is 19.0. The van der Waals surface area contributed by atoms with Crippen molar-refractivity contribution in [2.45, 2.75) is 31.1 Å². The van der Waals surface area contributed by atoms with E-state index >= 15 is 0 Å². The Balaban J connectivity index is 1.40. The first-order valence-electron chi connectivity index (χ1n) is 9.52. The SMILES string of the molecule is COc1ccnc(C2(Cc3ccc(-c4ccc5cn[nH]c5c4)nn3)CCC2)c1. The predicted molar refractivity (Wildman–Crippen MR) is 107 cm³/mol. The number of benzene rings is 1. The molecule has 0 saturated heterocycles. The average Bonchev–Trinajstić information content (AvgIpc) is 3.19. The molecule has 28 heavy (non-hydrogen) atoms. The minimum atomic E-state index is 0.0412. The van der Waals surface area contributed by atoms with Crippen LogP contribution < -0.4 is 4.74 Å². The second kappa shape index (κ2) is 6.71. The maximum atomic E-state index is 5.38. The summed E-state index contributed by atoms with van der Waals surface area (Å²) in [4.78, 5) is 4.63. The number of pyridine rings is 1. The first-order chi connectivity index (χ1) is 13.8. The lowest BCUT2D eigenvalue weighted by atomic mass is 9.64. The lowest BCUT2D eigenvalue weighted by molar-refractivity contribution is 0.231. The first kappa shape index (κ1) is 16.9. The van der Waals surface area contributed by atoms with E-state index in [1.165, 1.54) is 6.42 Å². The topological polar surface area (TPSA) is 76.6 Å². The van der Waals surface area contributed by atoms with Crippen LogP contribution in [0.2, 0.25) is 0 Å². The third kappa shape index (κ3) is 2.91. The number of aromatic amines is 1. The van der Waals surface area contributed by atoms with Crippen molar-refractivity contribution < 1.29 is 4.74 Å². The van der Waals surface area contributed by atoms with Crippen molar-refractivity contribution in [2.75, 3.05) is 7.11 Å². The molecule has 3 aromatic heterocycles. The smallest absolute Gasteiger partial charge is 0.122 e. The zero-order valence-electron chi connectivity index (χ0n) is 15.7. The molecule has 0 radical (unpaired) electrons. The third-order valence-electron chi connectivity index (χ3n) is 5.80. The van der Waals surface area contributed by atoms with Crippen LogP contribution in [-0.2, 0) is 11.8 Å². The van der Waals surface area contributed by atoms with Gasteiger partial charge < -0.3 is 4.74 Å². The standard InChI is InChI=1S/C22H21N5O/c1-28-18-7-10-23-21(12-18)22(8-2-9-22)13-17-5-6-19(27-25-17)15-3-4-16-14-24-26-20(16)11-15/h3-7,10-12,14H,2,8-9,13H2,1H3,(H,24,26). The van der Waals surface area contributed by atoms with Crippen molar-refractivity contribution in [1.82, 2.24) is 25.4 Å². The summed E-state index contributed by atoms with van der Waals surface area (Å²) in [5, 5.41) is 17.2. The van der Waals surface area contributed by atoms with Crippen LogP contribution >= 0.6 is 0 Å². The minimum absolute atomic E-state index is 0.0412. The summed E-state index contributed by atoms with van der Waals surface area (Å²) in [7, 11) is 1.69. The Labute approximate surface area is 163 Å². The number of aromatic nitrogens is 5. The van der Waals surface area contributed by atoms with Gasteiger partial charge in [-0.1, -0.05) is 18.6 Å². The van der Waals surface area contributed by atoms with Crippen LogP contribution in [-0.4, -0.2) is 32.5 Å². The lowest BCUT2D eigenvalue weighted by Crippen LogP contribution is -2.37. The van der Waals surface area contributed by atoms with Gasteiger partial charge in [-0.15, -0.1) is 0 Å². The van der Waals surface area contributed by atoms with Gasteiger partial charge in [-0.25, -0.2) is 0 Å². The number of nitrogens with one attached hydrogen (secondary N) is 1. The molecule has 0 unspecified atom stereocenters. The van der Waals surface area contributed by atoms with E-state index in [4.69, 9.17) is 4.74 Å². The van der Waals surface area contributed by atoms with E-state index in [9.17, 15) is 0 Å². The molecule has 1 aliphatic carbocycles. The van der Waals surface area contributed by atoms with Gasteiger partial charge in [0.25, 0.3) is 0 Å². The summed E-state index contributed by atoms with van der Waals surface area (Å²) in [6, 6.07) is 14.2. The fourth-order valence-electron chi connectivity index (χ4n) is 4.01. The van der Waals surface area contributed by atoms with Gasteiger partial charge in [0, 0.05) is 35.0 Å². The molecule has 0 atom stereocenters. The van der Waals surface area contributed by atoms with Gasteiger partial charge >= 0.3 is 0 Å². The highest BCUT2D eigenvalue weighted by molar-refractivity contribution is 5.82. The van der Waals surface area contributed by atoms with Gasteiger partial charge in [0.1, 0.15) is 5.75 Å². The van der Waals surface area contributed by atoms with Crippen molar-refractivity contribution in [1.29, 1.82) is 0 Å². The molecule has 1 aliphatic rings. The number of hydrogen-bond acceptors (Lipinski definition) is 5. The Hall–Kier alpha value is -3.28. The van der Waals surface area contributed by atoms with Gasteiger partial charge in [-0.3, -0.25) is 10.1 Å². The van der Waals surface area contributed by atoms with Crippen LogP contribution in [0.4, 0.5) is 0 Å². The lowest BCUT2D eigenvalue weighted by Gasteiger charge is -2.41. The molecule has 4 aromatic rings. The van der Waals surface area contributed by atoms with Crippen LogP contribution in [0, 0.1) is 0 Å². The average molecular weight is 371 g/mol. The highest BCUT2D eigenvalue weighted by Crippen LogP contribution is 2.45. The molecule has 1 N–H and O–H groups in total. The maximum absolute atomic E-state index is 5.38. The molecule has 0 bridgehead atoms. The van der Waals surface area contributed by atoms with Crippen LogP contribution in [0.3, 0.4) is 0 Å². The summed E-state index contributed by atoms with van der Waals surface area (Å²) in [5.74, 6) is 0.854. The van der Waals surface area contributed by atoms with Crippen LogP contribution in [0.1, 0.15) is 30.7 Å². The summed E-state index contributed by atoms with van der Waals surface area (Å²) in [6.07, 6.45) is 7.95. The summed E-state index contributed by atoms with van der Waals surface area (Å²) < 4.78 is 5.38. The highest BCUT2D eigenvalue weighted by atomic mass is 16.5. The Morgan fingerprint density at radius 3 is 2.75 bits per heavy atom. The van der Waals surface area contributed by atoms with E-state index in [1.54, 1.807) is 7.11 Å². The molecule has 1 aromatic carbocycles. The van der Waals surface area contributed by atoms with Crippen LogP contribution in [0.5, 0.6) is 5.75 Å². The largest absolute Gasteiger partial charge is 0.497 e. The molecular weight excluding hydrogens is 350 g/mol. The molecule has 3 heterocycles. The van der Waals surface area contributed by atoms with Crippen molar-refractivity contribution in [3.05, 3.63) is 66.2 Å².